The fraction of sp³-hybridized carbons (Fsp3) is 0.417. The molecule has 1 aliphatic rings. The van der Waals surface area contributed by atoms with Crippen LogP contribution in [-0.4, -0.2) is 38.6 Å². The molecule has 98 valence electrons. The minimum Gasteiger partial charge on any atom is -0.339 e. The van der Waals surface area contributed by atoms with E-state index in [1.54, 1.807) is 30.0 Å². The molecule has 0 aromatic heterocycles. The number of nitrogens with one attached hydrogen (secondary N) is 1. The van der Waals surface area contributed by atoms with E-state index in [1.807, 2.05) is 0 Å². The summed E-state index contributed by atoms with van der Waals surface area (Å²) in [7, 11) is -3.33. The molecule has 6 heteroatoms. The first-order valence-electron chi connectivity index (χ1n) is 5.74. The average molecular weight is 268 g/mol. The Balaban J connectivity index is 2.28. The van der Waals surface area contributed by atoms with Gasteiger partial charge in [0.05, 0.1) is 11.9 Å². The van der Waals surface area contributed by atoms with Crippen molar-refractivity contribution in [3.8, 4) is 0 Å². The van der Waals surface area contributed by atoms with Gasteiger partial charge in [0, 0.05) is 18.7 Å². The lowest BCUT2D eigenvalue weighted by Crippen LogP contribution is -2.42. The Morgan fingerprint density at radius 3 is 2.50 bits per heavy atom. The number of hydrogen-bond donors (Lipinski definition) is 1. The molecule has 1 aromatic rings. The molecular weight excluding hydrogens is 252 g/mol. The summed E-state index contributed by atoms with van der Waals surface area (Å²) in [6.07, 6.45) is 2.13. The quantitative estimate of drug-likeness (QED) is 0.896. The van der Waals surface area contributed by atoms with Gasteiger partial charge in [-0.25, -0.2) is 8.42 Å². The number of anilines is 1. The minimum absolute atomic E-state index is 0.0437. The SMILES string of the molecule is Cc1ccc(C(=O)N2CCC2)cc1NS(C)(=O)=O. The van der Waals surface area contributed by atoms with E-state index < -0.39 is 10.0 Å². The molecular formula is C12H16N2O3S. The third-order valence-corrected chi connectivity index (χ3v) is 3.51. The first-order valence-corrected chi connectivity index (χ1v) is 7.64. The Morgan fingerprint density at radius 2 is 2.00 bits per heavy atom. The van der Waals surface area contributed by atoms with Crippen LogP contribution in [0.15, 0.2) is 18.2 Å². The Kier molecular flexibility index (Phi) is 3.30. The van der Waals surface area contributed by atoms with Gasteiger partial charge in [-0.15, -0.1) is 0 Å². The summed E-state index contributed by atoms with van der Waals surface area (Å²) in [6, 6.07) is 5.07. The Labute approximate surface area is 107 Å². The van der Waals surface area contributed by atoms with Crippen molar-refractivity contribution >= 4 is 21.6 Å². The van der Waals surface area contributed by atoms with Gasteiger partial charge in [0.15, 0.2) is 0 Å². The zero-order valence-electron chi connectivity index (χ0n) is 10.4. The second-order valence-corrected chi connectivity index (χ2v) is 6.30. The van der Waals surface area contributed by atoms with Crippen molar-refractivity contribution in [2.24, 2.45) is 0 Å². The molecule has 0 atom stereocenters. The fourth-order valence-corrected chi connectivity index (χ4v) is 2.39. The lowest BCUT2D eigenvalue weighted by molar-refractivity contribution is 0.0652. The molecule has 0 aliphatic carbocycles. The first kappa shape index (κ1) is 12.9. The lowest BCUT2D eigenvalue weighted by atomic mass is 10.1. The first-order chi connectivity index (χ1) is 8.37. The summed E-state index contributed by atoms with van der Waals surface area (Å²) in [6.45, 7) is 3.36. The molecule has 2 rings (SSSR count). The van der Waals surface area contributed by atoms with E-state index in [0.717, 1.165) is 31.3 Å². The molecule has 1 heterocycles. The van der Waals surface area contributed by atoms with Crippen LogP contribution in [0, 0.1) is 6.92 Å². The summed E-state index contributed by atoms with van der Waals surface area (Å²) in [5.41, 5.74) is 1.77. The van der Waals surface area contributed by atoms with Crippen LogP contribution in [0.1, 0.15) is 22.3 Å². The molecule has 0 saturated carbocycles. The van der Waals surface area contributed by atoms with E-state index in [-0.39, 0.29) is 5.91 Å². The number of benzene rings is 1. The van der Waals surface area contributed by atoms with Gasteiger partial charge in [-0.05, 0) is 31.0 Å². The zero-order chi connectivity index (χ0) is 13.3. The maximum absolute atomic E-state index is 12.0. The van der Waals surface area contributed by atoms with Crippen molar-refractivity contribution in [3.05, 3.63) is 29.3 Å². The molecule has 1 fully saturated rings. The third-order valence-electron chi connectivity index (χ3n) is 2.92. The van der Waals surface area contributed by atoms with E-state index in [0.29, 0.717) is 11.3 Å². The standard InChI is InChI=1S/C12H16N2O3S/c1-9-4-5-10(12(15)14-6-3-7-14)8-11(9)13-18(2,16)17/h4-5,8,13H,3,6-7H2,1-2H3. The second-order valence-electron chi connectivity index (χ2n) is 4.55. The number of aryl methyl sites for hydroxylation is 1. The van der Waals surface area contributed by atoms with Crippen LogP contribution in [-0.2, 0) is 10.0 Å². The van der Waals surface area contributed by atoms with Crippen LogP contribution >= 0.6 is 0 Å². The highest BCUT2D eigenvalue weighted by molar-refractivity contribution is 7.92. The third kappa shape index (κ3) is 2.81. The second kappa shape index (κ2) is 4.61. The molecule has 1 saturated heterocycles. The summed E-state index contributed by atoms with van der Waals surface area (Å²) >= 11 is 0. The van der Waals surface area contributed by atoms with Crippen molar-refractivity contribution < 1.29 is 13.2 Å². The Hall–Kier alpha value is -1.56. The summed E-state index contributed by atoms with van der Waals surface area (Å²) in [4.78, 5) is 13.7. The molecule has 1 N–H and O–H groups in total. The molecule has 1 amide bonds. The fourth-order valence-electron chi connectivity index (χ4n) is 1.77. The van der Waals surface area contributed by atoms with E-state index in [4.69, 9.17) is 0 Å². The minimum atomic E-state index is -3.33. The smallest absolute Gasteiger partial charge is 0.253 e. The van der Waals surface area contributed by atoms with Crippen LogP contribution in [0.5, 0.6) is 0 Å². The summed E-state index contributed by atoms with van der Waals surface area (Å²) < 4.78 is 24.9. The van der Waals surface area contributed by atoms with Crippen LogP contribution in [0.25, 0.3) is 0 Å². The van der Waals surface area contributed by atoms with Gasteiger partial charge >= 0.3 is 0 Å². The number of likely N-dealkylation sites (tertiary alicyclic amines) is 1. The lowest BCUT2D eigenvalue weighted by Gasteiger charge is -2.31. The van der Waals surface area contributed by atoms with Crippen molar-refractivity contribution in [3.63, 3.8) is 0 Å². The Morgan fingerprint density at radius 1 is 1.33 bits per heavy atom. The number of amides is 1. The number of carbonyl (C=O) groups is 1. The number of rotatable bonds is 3. The molecule has 0 radical (unpaired) electrons. The highest BCUT2D eigenvalue weighted by Crippen LogP contribution is 2.20. The topological polar surface area (TPSA) is 66.5 Å². The molecule has 1 aromatic carbocycles. The van der Waals surface area contributed by atoms with Gasteiger partial charge in [0.25, 0.3) is 5.91 Å². The van der Waals surface area contributed by atoms with E-state index in [9.17, 15) is 13.2 Å². The van der Waals surface area contributed by atoms with Crippen LogP contribution in [0.3, 0.4) is 0 Å². The van der Waals surface area contributed by atoms with Gasteiger partial charge in [-0.3, -0.25) is 9.52 Å². The van der Waals surface area contributed by atoms with E-state index in [2.05, 4.69) is 4.72 Å². The molecule has 5 nitrogen and oxygen atoms in total. The van der Waals surface area contributed by atoms with Crippen molar-refractivity contribution in [2.75, 3.05) is 24.1 Å². The van der Waals surface area contributed by atoms with E-state index >= 15 is 0 Å². The van der Waals surface area contributed by atoms with Crippen molar-refractivity contribution in [2.45, 2.75) is 13.3 Å². The normalized spacial score (nSPS) is 15.1. The van der Waals surface area contributed by atoms with Crippen LogP contribution in [0.2, 0.25) is 0 Å². The molecule has 0 bridgehead atoms. The van der Waals surface area contributed by atoms with Crippen LogP contribution < -0.4 is 4.72 Å². The number of carbonyl (C=O) groups excluding carboxylic acids is 1. The number of nitrogens with zero attached hydrogens (tertiary/aromatic N) is 1. The van der Waals surface area contributed by atoms with Gasteiger partial charge < -0.3 is 4.90 Å². The summed E-state index contributed by atoms with van der Waals surface area (Å²) in [5.74, 6) is -0.0437. The zero-order valence-corrected chi connectivity index (χ0v) is 11.3. The van der Waals surface area contributed by atoms with Gasteiger partial charge in [-0.2, -0.15) is 0 Å². The molecule has 0 spiro atoms. The monoisotopic (exact) mass is 268 g/mol. The maximum atomic E-state index is 12.0. The van der Waals surface area contributed by atoms with Gasteiger partial charge in [0.2, 0.25) is 10.0 Å². The molecule has 1 aliphatic heterocycles. The number of hydrogen-bond acceptors (Lipinski definition) is 3. The maximum Gasteiger partial charge on any atom is 0.253 e. The highest BCUT2D eigenvalue weighted by Gasteiger charge is 2.22. The van der Waals surface area contributed by atoms with Crippen molar-refractivity contribution in [1.29, 1.82) is 0 Å². The largest absolute Gasteiger partial charge is 0.339 e. The predicted molar refractivity (Wildman–Crippen MR) is 70.2 cm³/mol. The van der Waals surface area contributed by atoms with Gasteiger partial charge in [0.1, 0.15) is 0 Å². The van der Waals surface area contributed by atoms with Gasteiger partial charge in [-0.1, -0.05) is 6.07 Å². The Bertz CT molecular complexity index is 577. The predicted octanol–water partition coefficient (Wildman–Crippen LogP) is 1.21. The number of sulfonamides is 1. The summed E-state index contributed by atoms with van der Waals surface area (Å²) in [5, 5.41) is 0. The molecule has 18 heavy (non-hydrogen) atoms. The highest BCUT2D eigenvalue weighted by atomic mass is 32.2. The van der Waals surface area contributed by atoms with Crippen LogP contribution in [0.4, 0.5) is 5.69 Å². The van der Waals surface area contributed by atoms with Crippen molar-refractivity contribution in [1.82, 2.24) is 4.90 Å². The molecule has 0 unspecified atom stereocenters. The van der Waals surface area contributed by atoms with E-state index in [1.165, 1.54) is 0 Å². The average Bonchev–Trinajstić information content (AvgIpc) is 2.16.